The molecule has 1 saturated heterocycles. The molecule has 0 radical (unpaired) electrons. The minimum atomic E-state index is 0.565. The summed E-state index contributed by atoms with van der Waals surface area (Å²) < 4.78 is 0. The van der Waals surface area contributed by atoms with Gasteiger partial charge in [-0.15, -0.1) is 0 Å². The van der Waals surface area contributed by atoms with Gasteiger partial charge in [-0.2, -0.15) is 0 Å². The Labute approximate surface area is 75.9 Å². The predicted octanol–water partition coefficient (Wildman–Crippen LogP) is 2.56. The van der Waals surface area contributed by atoms with Crippen LogP contribution >= 0.6 is 0 Å². The third-order valence-corrected chi connectivity index (χ3v) is 4.10. The average molecular weight is 167 g/mol. The monoisotopic (exact) mass is 167 g/mol. The van der Waals surface area contributed by atoms with Gasteiger partial charge in [0.1, 0.15) is 0 Å². The van der Waals surface area contributed by atoms with Crippen LogP contribution in [-0.2, 0) is 0 Å². The van der Waals surface area contributed by atoms with E-state index in [4.69, 9.17) is 0 Å². The van der Waals surface area contributed by atoms with Gasteiger partial charge in [0, 0.05) is 5.54 Å². The van der Waals surface area contributed by atoms with Crippen molar-refractivity contribution >= 4 is 0 Å². The Morgan fingerprint density at radius 2 is 1.83 bits per heavy atom. The molecule has 1 aliphatic heterocycles. The van der Waals surface area contributed by atoms with Gasteiger partial charge in [-0.25, -0.2) is 0 Å². The first-order valence-corrected chi connectivity index (χ1v) is 5.29. The molecular weight excluding hydrogens is 146 g/mol. The number of rotatable bonds is 0. The molecule has 2 unspecified atom stereocenters. The average Bonchev–Trinajstić information content (AvgIpc) is 1.81. The smallest absolute Gasteiger partial charge is 0.0219 e. The summed E-state index contributed by atoms with van der Waals surface area (Å²) in [5.74, 6) is 0.884. The molecular formula is C11H21N. The van der Waals surface area contributed by atoms with E-state index in [1.165, 1.54) is 32.2 Å². The molecule has 0 bridgehead atoms. The largest absolute Gasteiger partial charge is 0.311 e. The van der Waals surface area contributed by atoms with Crippen LogP contribution in [0, 0.1) is 11.3 Å². The van der Waals surface area contributed by atoms with Gasteiger partial charge in [0.15, 0.2) is 0 Å². The summed E-state index contributed by atoms with van der Waals surface area (Å²) >= 11 is 0. The van der Waals surface area contributed by atoms with E-state index in [0.717, 1.165) is 5.92 Å². The summed E-state index contributed by atoms with van der Waals surface area (Å²) in [6, 6.07) is 0. The van der Waals surface area contributed by atoms with Crippen molar-refractivity contribution in [3.8, 4) is 0 Å². The van der Waals surface area contributed by atoms with Crippen LogP contribution in [0.3, 0.4) is 0 Å². The van der Waals surface area contributed by atoms with E-state index in [0.29, 0.717) is 11.0 Å². The van der Waals surface area contributed by atoms with Crippen LogP contribution in [0.1, 0.15) is 46.5 Å². The van der Waals surface area contributed by atoms with Gasteiger partial charge in [0.05, 0.1) is 0 Å². The molecule has 2 aliphatic rings. The molecule has 1 heterocycles. The molecule has 0 aromatic carbocycles. The highest BCUT2D eigenvalue weighted by Crippen LogP contribution is 2.47. The van der Waals surface area contributed by atoms with Crippen molar-refractivity contribution in [2.75, 3.05) is 6.54 Å². The lowest BCUT2D eigenvalue weighted by atomic mass is 9.60. The zero-order valence-corrected chi connectivity index (χ0v) is 8.61. The maximum absolute atomic E-state index is 3.65. The van der Waals surface area contributed by atoms with Crippen molar-refractivity contribution in [2.45, 2.75) is 52.0 Å². The molecule has 2 rings (SSSR count). The van der Waals surface area contributed by atoms with Crippen LogP contribution in [0.5, 0.6) is 0 Å². The van der Waals surface area contributed by atoms with Crippen molar-refractivity contribution in [1.29, 1.82) is 0 Å². The summed E-state index contributed by atoms with van der Waals surface area (Å²) in [4.78, 5) is 0. The molecule has 2 fully saturated rings. The van der Waals surface area contributed by atoms with Crippen molar-refractivity contribution < 1.29 is 0 Å². The topological polar surface area (TPSA) is 12.0 Å². The second-order valence-corrected chi connectivity index (χ2v) is 5.60. The van der Waals surface area contributed by atoms with Crippen molar-refractivity contribution in [3.05, 3.63) is 0 Å². The summed E-state index contributed by atoms with van der Waals surface area (Å²) in [5.41, 5.74) is 1.16. The molecule has 0 aromatic heterocycles. The second kappa shape index (κ2) is 2.47. The molecule has 1 N–H and O–H groups in total. The van der Waals surface area contributed by atoms with Gasteiger partial charge < -0.3 is 5.32 Å². The van der Waals surface area contributed by atoms with Crippen molar-refractivity contribution in [2.24, 2.45) is 11.3 Å². The Bertz CT molecular complexity index is 179. The quantitative estimate of drug-likeness (QED) is 0.584. The highest BCUT2D eigenvalue weighted by Gasteiger charge is 2.46. The van der Waals surface area contributed by atoms with Gasteiger partial charge in [-0.3, -0.25) is 0 Å². The fourth-order valence-electron chi connectivity index (χ4n) is 3.01. The van der Waals surface area contributed by atoms with E-state index in [-0.39, 0.29) is 0 Å². The normalized spacial score (nSPS) is 45.8. The van der Waals surface area contributed by atoms with E-state index in [1.54, 1.807) is 0 Å². The third-order valence-electron chi connectivity index (χ3n) is 4.10. The van der Waals surface area contributed by atoms with E-state index in [2.05, 4.69) is 26.1 Å². The van der Waals surface area contributed by atoms with Crippen LogP contribution in [-0.4, -0.2) is 12.1 Å². The fourth-order valence-corrected chi connectivity index (χ4v) is 3.01. The highest BCUT2D eigenvalue weighted by atomic mass is 15.1. The zero-order chi connectivity index (χ0) is 8.82. The molecule has 0 aromatic rings. The lowest BCUT2D eigenvalue weighted by Crippen LogP contribution is -2.63. The standard InChI is InChI=1S/C11H21N/c1-9-8-10(2,3)4-5-11(9)6-7-12-11/h9,12H,4-8H2,1-3H3. The SMILES string of the molecule is CC1CC(C)(C)CCC12CCN2. The summed E-state index contributed by atoms with van der Waals surface area (Å²) in [7, 11) is 0. The van der Waals surface area contributed by atoms with Crippen molar-refractivity contribution in [1.82, 2.24) is 5.32 Å². The Morgan fingerprint density at radius 1 is 1.17 bits per heavy atom. The molecule has 1 aliphatic carbocycles. The van der Waals surface area contributed by atoms with Gasteiger partial charge in [-0.1, -0.05) is 20.8 Å². The third kappa shape index (κ3) is 1.19. The number of nitrogens with one attached hydrogen (secondary N) is 1. The first-order valence-electron chi connectivity index (χ1n) is 5.29. The molecule has 0 amide bonds. The summed E-state index contributed by atoms with van der Waals surface area (Å²) in [6.45, 7) is 8.50. The molecule has 1 saturated carbocycles. The maximum Gasteiger partial charge on any atom is 0.0219 e. The first kappa shape index (κ1) is 8.55. The fraction of sp³-hybridized carbons (Fsp3) is 1.00. The van der Waals surface area contributed by atoms with E-state index in [9.17, 15) is 0 Å². The van der Waals surface area contributed by atoms with Gasteiger partial charge >= 0.3 is 0 Å². The molecule has 1 nitrogen and oxygen atoms in total. The molecule has 2 atom stereocenters. The van der Waals surface area contributed by atoms with Crippen LogP contribution in [0.2, 0.25) is 0 Å². The minimum Gasteiger partial charge on any atom is -0.311 e. The molecule has 1 spiro atoms. The van der Waals surface area contributed by atoms with Crippen LogP contribution in [0.15, 0.2) is 0 Å². The Morgan fingerprint density at radius 3 is 2.25 bits per heavy atom. The highest BCUT2D eigenvalue weighted by molar-refractivity contribution is 5.04. The van der Waals surface area contributed by atoms with E-state index < -0.39 is 0 Å². The maximum atomic E-state index is 3.65. The first-order chi connectivity index (χ1) is 5.54. The van der Waals surface area contributed by atoms with Gasteiger partial charge in [0.25, 0.3) is 0 Å². The predicted molar refractivity (Wildman–Crippen MR) is 52.1 cm³/mol. The number of hydrogen-bond acceptors (Lipinski definition) is 1. The Kier molecular flexibility index (Phi) is 1.76. The van der Waals surface area contributed by atoms with E-state index >= 15 is 0 Å². The Balaban J connectivity index is 2.05. The molecule has 70 valence electrons. The van der Waals surface area contributed by atoms with Crippen molar-refractivity contribution in [3.63, 3.8) is 0 Å². The number of hydrogen-bond donors (Lipinski definition) is 1. The van der Waals surface area contributed by atoms with Crippen LogP contribution < -0.4 is 5.32 Å². The zero-order valence-electron chi connectivity index (χ0n) is 8.61. The molecule has 12 heavy (non-hydrogen) atoms. The van der Waals surface area contributed by atoms with Gasteiger partial charge in [-0.05, 0) is 43.6 Å². The lowest BCUT2D eigenvalue weighted by molar-refractivity contribution is 0.0262. The molecule has 1 heteroatoms. The minimum absolute atomic E-state index is 0.565. The van der Waals surface area contributed by atoms with Gasteiger partial charge in [0.2, 0.25) is 0 Å². The Hall–Kier alpha value is -0.0400. The lowest BCUT2D eigenvalue weighted by Gasteiger charge is -2.54. The summed E-state index contributed by atoms with van der Waals surface area (Å²) in [5, 5.41) is 3.65. The van der Waals surface area contributed by atoms with Crippen LogP contribution in [0.25, 0.3) is 0 Å². The summed E-state index contributed by atoms with van der Waals surface area (Å²) in [6.07, 6.45) is 5.63. The second-order valence-electron chi connectivity index (χ2n) is 5.60. The van der Waals surface area contributed by atoms with Crippen LogP contribution in [0.4, 0.5) is 0 Å². The van der Waals surface area contributed by atoms with E-state index in [1.807, 2.05) is 0 Å².